The Kier molecular flexibility index (Phi) is 7.54. The van der Waals surface area contributed by atoms with Crippen LogP contribution in [0.1, 0.15) is 0 Å². The molecule has 3 nitrogen and oxygen atoms in total. The summed E-state index contributed by atoms with van der Waals surface area (Å²) in [5.41, 5.74) is 13.8. The first-order chi connectivity index (χ1) is 29.3. The van der Waals surface area contributed by atoms with E-state index in [1.54, 1.807) is 0 Å². The third kappa shape index (κ3) is 5.36. The highest BCUT2D eigenvalue weighted by atomic mass is 15.0. The number of benzene rings is 10. The molecule has 0 aliphatic heterocycles. The van der Waals surface area contributed by atoms with Crippen LogP contribution in [0.4, 0.5) is 0 Å². The maximum atomic E-state index is 5.39. The van der Waals surface area contributed by atoms with E-state index >= 15 is 0 Å². The molecule has 0 amide bonds. The number of para-hydroxylation sites is 2. The summed E-state index contributed by atoms with van der Waals surface area (Å²) in [5, 5.41) is 9.84. The van der Waals surface area contributed by atoms with E-state index in [1.807, 2.05) is 12.1 Å². The number of hydrogen-bond donors (Lipinski definition) is 0. The van der Waals surface area contributed by atoms with Crippen molar-refractivity contribution in [1.82, 2.24) is 14.5 Å². The lowest BCUT2D eigenvalue weighted by molar-refractivity contribution is 1.20. The summed E-state index contributed by atoms with van der Waals surface area (Å²) >= 11 is 0. The van der Waals surface area contributed by atoms with Gasteiger partial charge in [-0.2, -0.15) is 0 Å². The highest BCUT2D eigenvalue weighted by Crippen LogP contribution is 2.44. The second kappa shape index (κ2) is 13.4. The number of nitrogens with zero attached hydrogens (tertiary/aromatic N) is 3. The molecule has 10 aromatic carbocycles. The summed E-state index contributed by atoms with van der Waals surface area (Å²) in [6.07, 6.45) is 0. The molecule has 0 saturated carbocycles. The summed E-state index contributed by atoms with van der Waals surface area (Å²) in [4.78, 5) is 10.7. The molecule has 0 spiro atoms. The van der Waals surface area contributed by atoms with Crippen LogP contribution in [0.25, 0.3) is 116 Å². The highest BCUT2D eigenvalue weighted by Gasteiger charge is 2.21. The molecule has 12 aromatic rings. The SMILES string of the molecule is c1ccc(-c2cccc(-c3ccc(-c4nc5ccccc5nc4-c4ccc(-n5c6ccc7ccccc7c6c6c7ccccc7ccc65)c5ccccc45)cc3)c2)cc1. The van der Waals surface area contributed by atoms with E-state index < -0.39 is 0 Å². The average Bonchev–Trinajstić information content (AvgIpc) is 3.66. The second-order valence-corrected chi connectivity index (χ2v) is 15.3. The fraction of sp³-hybridized carbons (Fsp3) is 0. The zero-order chi connectivity index (χ0) is 38.9. The summed E-state index contributed by atoms with van der Waals surface area (Å²) in [6.45, 7) is 0. The van der Waals surface area contributed by atoms with Gasteiger partial charge in [0.1, 0.15) is 0 Å². The van der Waals surface area contributed by atoms with Crippen molar-refractivity contribution < 1.29 is 0 Å². The first-order valence-electron chi connectivity index (χ1n) is 20.2. The molecule has 0 radical (unpaired) electrons. The fourth-order valence-electron chi connectivity index (χ4n) is 9.21. The van der Waals surface area contributed by atoms with Gasteiger partial charge in [0, 0.05) is 27.3 Å². The lowest BCUT2D eigenvalue weighted by atomic mass is 9.95. The number of rotatable bonds is 5. The number of fused-ring (bicyclic) bond motifs is 9. The Balaban J connectivity index is 1.06. The molecule has 59 heavy (non-hydrogen) atoms. The Hall–Kier alpha value is -7.88. The minimum Gasteiger partial charge on any atom is -0.309 e. The van der Waals surface area contributed by atoms with Gasteiger partial charge in [0.25, 0.3) is 0 Å². The minimum atomic E-state index is 0.862. The average molecular weight is 750 g/mol. The van der Waals surface area contributed by atoms with E-state index in [4.69, 9.17) is 9.97 Å². The van der Waals surface area contributed by atoms with Crippen LogP contribution in [0.5, 0.6) is 0 Å². The van der Waals surface area contributed by atoms with Crippen LogP contribution in [-0.2, 0) is 0 Å². The van der Waals surface area contributed by atoms with Crippen molar-refractivity contribution in [3.05, 3.63) is 212 Å². The summed E-state index contributed by atoms with van der Waals surface area (Å²) in [7, 11) is 0. The molecule has 0 N–H and O–H groups in total. The molecular formula is C56H35N3. The van der Waals surface area contributed by atoms with Crippen LogP contribution in [0.15, 0.2) is 212 Å². The van der Waals surface area contributed by atoms with Gasteiger partial charge in [-0.3, -0.25) is 0 Å². The molecule has 12 rings (SSSR count). The van der Waals surface area contributed by atoms with Crippen molar-refractivity contribution in [2.45, 2.75) is 0 Å². The van der Waals surface area contributed by atoms with Crippen molar-refractivity contribution in [2.24, 2.45) is 0 Å². The van der Waals surface area contributed by atoms with Crippen LogP contribution in [0.2, 0.25) is 0 Å². The van der Waals surface area contributed by atoms with Gasteiger partial charge in [-0.1, -0.05) is 170 Å². The van der Waals surface area contributed by atoms with Crippen LogP contribution in [-0.4, -0.2) is 14.5 Å². The molecule has 2 aromatic heterocycles. The number of hydrogen-bond acceptors (Lipinski definition) is 2. The van der Waals surface area contributed by atoms with Crippen molar-refractivity contribution >= 4 is 65.2 Å². The molecule has 0 bridgehead atoms. The van der Waals surface area contributed by atoms with Crippen molar-refractivity contribution in [3.8, 4) is 50.5 Å². The van der Waals surface area contributed by atoms with E-state index in [-0.39, 0.29) is 0 Å². The first-order valence-corrected chi connectivity index (χ1v) is 20.2. The van der Waals surface area contributed by atoms with Crippen molar-refractivity contribution in [3.63, 3.8) is 0 Å². The van der Waals surface area contributed by atoms with Crippen LogP contribution < -0.4 is 0 Å². The third-order valence-electron chi connectivity index (χ3n) is 12.0. The highest BCUT2D eigenvalue weighted by molar-refractivity contribution is 6.29. The van der Waals surface area contributed by atoms with E-state index in [2.05, 4.69) is 205 Å². The summed E-state index contributed by atoms with van der Waals surface area (Å²) in [6, 6.07) is 76.2. The van der Waals surface area contributed by atoms with Crippen LogP contribution in [0, 0.1) is 0 Å². The fourth-order valence-corrected chi connectivity index (χ4v) is 9.21. The molecule has 2 heterocycles. The predicted molar refractivity (Wildman–Crippen MR) is 248 cm³/mol. The van der Waals surface area contributed by atoms with Crippen LogP contribution in [0.3, 0.4) is 0 Å². The Morgan fingerprint density at radius 1 is 0.305 bits per heavy atom. The molecule has 0 atom stereocenters. The normalized spacial score (nSPS) is 11.7. The van der Waals surface area contributed by atoms with Gasteiger partial charge in [0.15, 0.2) is 0 Å². The minimum absolute atomic E-state index is 0.862. The largest absolute Gasteiger partial charge is 0.309 e. The molecule has 0 aliphatic rings. The van der Waals surface area contributed by atoms with Gasteiger partial charge < -0.3 is 4.57 Å². The van der Waals surface area contributed by atoms with Crippen molar-refractivity contribution in [1.29, 1.82) is 0 Å². The summed E-state index contributed by atoms with van der Waals surface area (Å²) in [5.74, 6) is 0. The maximum Gasteiger partial charge on any atom is 0.0979 e. The predicted octanol–water partition coefficient (Wildman–Crippen LogP) is 14.9. The smallest absolute Gasteiger partial charge is 0.0979 e. The Morgan fingerprint density at radius 3 is 1.44 bits per heavy atom. The zero-order valence-electron chi connectivity index (χ0n) is 32.0. The van der Waals surface area contributed by atoms with E-state index in [0.29, 0.717) is 0 Å². The van der Waals surface area contributed by atoms with Gasteiger partial charge in [-0.05, 0) is 91.6 Å². The van der Waals surface area contributed by atoms with Gasteiger partial charge in [-0.15, -0.1) is 0 Å². The zero-order valence-corrected chi connectivity index (χ0v) is 32.0. The molecule has 0 aliphatic carbocycles. The lowest BCUT2D eigenvalue weighted by Crippen LogP contribution is -1.99. The lowest BCUT2D eigenvalue weighted by Gasteiger charge is -2.17. The first kappa shape index (κ1) is 33.3. The molecule has 3 heteroatoms. The quantitative estimate of drug-likeness (QED) is 0.175. The Bertz CT molecular complexity index is 3510. The second-order valence-electron chi connectivity index (χ2n) is 15.3. The number of aromatic nitrogens is 3. The third-order valence-corrected chi connectivity index (χ3v) is 12.0. The monoisotopic (exact) mass is 749 g/mol. The maximum absolute atomic E-state index is 5.39. The molecule has 0 unspecified atom stereocenters. The molecule has 274 valence electrons. The standard InChI is InChI=1S/C56H35N3/c1-2-13-36(14-3-1)41-17-12-18-42(35-41)37-25-27-40(28-26-37)55-56(58-49-24-11-10-23-48(49)57-55)47-31-34-50(46-22-9-8-21-45(46)47)59-51-32-29-38-15-4-6-19-43(38)53(51)54-44-20-7-5-16-39(44)30-33-52(54)59/h1-35H. The summed E-state index contributed by atoms with van der Waals surface area (Å²) < 4.78 is 2.47. The van der Waals surface area contributed by atoms with Gasteiger partial charge in [0.05, 0.1) is 39.1 Å². The van der Waals surface area contributed by atoms with Gasteiger partial charge in [0.2, 0.25) is 0 Å². The van der Waals surface area contributed by atoms with E-state index in [0.717, 1.165) is 55.6 Å². The van der Waals surface area contributed by atoms with E-state index in [9.17, 15) is 0 Å². The van der Waals surface area contributed by atoms with Crippen LogP contribution >= 0.6 is 0 Å². The van der Waals surface area contributed by atoms with E-state index in [1.165, 1.54) is 60.0 Å². The molecular weight excluding hydrogens is 715 g/mol. The Morgan fingerprint density at radius 2 is 0.797 bits per heavy atom. The topological polar surface area (TPSA) is 30.7 Å². The van der Waals surface area contributed by atoms with Crippen molar-refractivity contribution in [2.75, 3.05) is 0 Å². The molecule has 0 fully saturated rings. The van der Waals surface area contributed by atoms with Gasteiger partial charge >= 0.3 is 0 Å². The molecule has 0 saturated heterocycles. The van der Waals surface area contributed by atoms with Gasteiger partial charge in [-0.25, -0.2) is 9.97 Å². The Labute approximate surface area is 341 Å².